The number of aryl methyl sites for hydroxylation is 3. The molecule has 0 fully saturated rings. The van der Waals surface area contributed by atoms with Gasteiger partial charge in [-0.05, 0) is 173 Å². The predicted octanol–water partition coefficient (Wildman–Crippen LogP) is 15.2. The van der Waals surface area contributed by atoms with Gasteiger partial charge < -0.3 is 18.6 Å². The average molecular weight is 851 g/mol. The highest BCUT2D eigenvalue weighted by Crippen LogP contribution is 2.49. The van der Waals surface area contributed by atoms with Crippen LogP contribution in [0.4, 0.5) is 5.69 Å². The predicted molar refractivity (Wildman–Crippen MR) is 279 cm³/mol. The molecule has 1 atom stereocenters. The molecule has 11 aromatic rings. The molecule has 8 aromatic carbocycles. The molecule has 318 valence electrons. The van der Waals surface area contributed by atoms with Crippen LogP contribution in [0, 0.1) is 0 Å². The van der Waals surface area contributed by atoms with Crippen molar-refractivity contribution in [3.05, 3.63) is 205 Å². The Morgan fingerprint density at radius 2 is 0.939 bits per heavy atom. The molecule has 0 saturated heterocycles. The van der Waals surface area contributed by atoms with Crippen LogP contribution in [0.2, 0.25) is 0 Å². The number of allylic oxidation sites excluding steroid dienone is 1. The molecule has 1 aliphatic heterocycles. The molecule has 66 heavy (non-hydrogen) atoms. The van der Waals surface area contributed by atoms with Gasteiger partial charge in [-0.15, -0.1) is 0 Å². The van der Waals surface area contributed by atoms with Crippen LogP contribution < -0.4 is 4.90 Å². The highest BCUT2D eigenvalue weighted by molar-refractivity contribution is 6.22. The van der Waals surface area contributed by atoms with E-state index in [-0.39, 0.29) is 5.92 Å². The van der Waals surface area contributed by atoms with E-state index >= 15 is 0 Å². The van der Waals surface area contributed by atoms with E-state index in [9.17, 15) is 0 Å². The zero-order valence-corrected chi connectivity index (χ0v) is 37.9. The third-order valence-electron chi connectivity index (χ3n) is 15.0. The number of rotatable bonds is 6. The van der Waals surface area contributed by atoms with Crippen molar-refractivity contribution >= 4 is 55.1 Å². The molecule has 1 aliphatic carbocycles. The van der Waals surface area contributed by atoms with E-state index in [1.54, 1.807) is 0 Å². The minimum absolute atomic E-state index is 0.255. The monoisotopic (exact) mass is 850 g/mol. The number of anilines is 1. The van der Waals surface area contributed by atoms with Crippen molar-refractivity contribution in [1.82, 2.24) is 13.7 Å². The number of fused-ring (bicyclic) bond motifs is 6. The Bertz CT molecular complexity index is 3660. The van der Waals surface area contributed by atoms with Crippen LogP contribution >= 0.6 is 0 Å². The minimum Gasteiger partial charge on any atom is -0.374 e. The Morgan fingerprint density at radius 3 is 1.55 bits per heavy atom. The van der Waals surface area contributed by atoms with Crippen LogP contribution in [0.3, 0.4) is 0 Å². The standard InChI is InChI=1S/C62H50N4/c1-63-29-25-49-45(17-9-21-57(49)63)39-33-40(46-18-10-22-58-50(46)26-30-64(58)2)36-43(35-39)61-53-13-5-7-15-55(53)62(56-16-8-6-14-54(56)61)44-37-41(47-19-11-23-59-51(47)27-31-65(59)3)34-42(38-44)48-20-12-24-60-52(48)28-32-66(60)4/h5-19,21-26,28-30,32-38,48H,20,27,31H2,1-4H3. The van der Waals surface area contributed by atoms with E-state index in [4.69, 9.17) is 0 Å². The summed E-state index contributed by atoms with van der Waals surface area (Å²) in [5, 5.41) is 7.55. The lowest BCUT2D eigenvalue weighted by atomic mass is 9.80. The first kappa shape index (κ1) is 38.6. The molecule has 4 heterocycles. The second kappa shape index (κ2) is 14.9. The van der Waals surface area contributed by atoms with Crippen LogP contribution in [-0.2, 0) is 27.6 Å². The quantitative estimate of drug-likeness (QED) is 0.152. The fourth-order valence-corrected chi connectivity index (χ4v) is 11.8. The second-order valence-corrected chi connectivity index (χ2v) is 18.7. The summed E-state index contributed by atoms with van der Waals surface area (Å²) in [5.74, 6) is 0.255. The average Bonchev–Trinajstić information content (AvgIpc) is 4.15. The van der Waals surface area contributed by atoms with Gasteiger partial charge in [-0.3, -0.25) is 0 Å². The summed E-state index contributed by atoms with van der Waals surface area (Å²) in [5.41, 5.74) is 21.9. The summed E-state index contributed by atoms with van der Waals surface area (Å²) in [7, 11) is 8.67. The second-order valence-electron chi connectivity index (χ2n) is 18.7. The summed E-state index contributed by atoms with van der Waals surface area (Å²) >= 11 is 0. The molecular weight excluding hydrogens is 801 g/mol. The maximum Gasteiger partial charge on any atom is 0.0483 e. The Kier molecular flexibility index (Phi) is 8.70. The largest absolute Gasteiger partial charge is 0.374 e. The lowest BCUT2D eigenvalue weighted by Gasteiger charge is -2.24. The van der Waals surface area contributed by atoms with Gasteiger partial charge >= 0.3 is 0 Å². The van der Waals surface area contributed by atoms with E-state index in [0.717, 1.165) is 19.4 Å². The van der Waals surface area contributed by atoms with Gasteiger partial charge in [0.2, 0.25) is 0 Å². The van der Waals surface area contributed by atoms with E-state index in [0.29, 0.717) is 0 Å². The molecule has 13 rings (SSSR count). The molecule has 4 nitrogen and oxygen atoms in total. The lowest BCUT2D eigenvalue weighted by Crippen LogP contribution is -2.12. The highest BCUT2D eigenvalue weighted by Gasteiger charge is 2.26. The maximum absolute atomic E-state index is 2.52. The first-order valence-electron chi connectivity index (χ1n) is 23.4. The third-order valence-corrected chi connectivity index (χ3v) is 15.0. The molecule has 0 spiro atoms. The van der Waals surface area contributed by atoms with Crippen molar-refractivity contribution in [2.24, 2.45) is 21.1 Å². The molecule has 2 aliphatic rings. The minimum atomic E-state index is 0.255. The van der Waals surface area contributed by atoms with Gasteiger partial charge in [0.1, 0.15) is 0 Å². The zero-order valence-electron chi connectivity index (χ0n) is 37.9. The normalized spacial score (nSPS) is 14.5. The summed E-state index contributed by atoms with van der Waals surface area (Å²) in [6.07, 6.45) is 13.3. The van der Waals surface area contributed by atoms with Crippen molar-refractivity contribution < 1.29 is 0 Å². The van der Waals surface area contributed by atoms with Gasteiger partial charge in [0.15, 0.2) is 0 Å². The van der Waals surface area contributed by atoms with Crippen LogP contribution in [0.5, 0.6) is 0 Å². The van der Waals surface area contributed by atoms with Gasteiger partial charge in [-0.1, -0.05) is 103 Å². The van der Waals surface area contributed by atoms with E-state index in [1.807, 2.05) is 0 Å². The van der Waals surface area contributed by atoms with Crippen molar-refractivity contribution in [3.63, 3.8) is 0 Å². The number of nitrogens with zero attached hydrogens (tertiary/aromatic N) is 4. The third kappa shape index (κ3) is 5.91. The van der Waals surface area contributed by atoms with E-state index in [1.165, 1.54) is 127 Å². The van der Waals surface area contributed by atoms with Crippen molar-refractivity contribution in [3.8, 4) is 55.6 Å². The number of hydrogen-bond donors (Lipinski definition) is 0. The molecular formula is C62H50N4. The van der Waals surface area contributed by atoms with Crippen LogP contribution in [0.1, 0.15) is 34.7 Å². The SMILES string of the molecule is CN1CCc2c(-c3cc(-c4c5ccccc5c(-c5cc(-c6cccc7c6ccn7C)cc(-c6cccc7c6ccn7C)c5)c5ccccc45)cc(C4CC=Cc5c4ccn5C)c3)cccc21. The molecule has 4 heteroatoms. The highest BCUT2D eigenvalue weighted by atomic mass is 15.1. The number of benzene rings is 8. The van der Waals surface area contributed by atoms with E-state index in [2.05, 4.69) is 235 Å². The van der Waals surface area contributed by atoms with Crippen LogP contribution in [-0.4, -0.2) is 27.3 Å². The lowest BCUT2D eigenvalue weighted by molar-refractivity contribution is 0.801. The number of hydrogen-bond acceptors (Lipinski definition) is 1. The van der Waals surface area contributed by atoms with Gasteiger partial charge in [-0.2, -0.15) is 0 Å². The van der Waals surface area contributed by atoms with Gasteiger partial charge in [-0.25, -0.2) is 0 Å². The zero-order chi connectivity index (χ0) is 44.2. The van der Waals surface area contributed by atoms with Gasteiger partial charge in [0.25, 0.3) is 0 Å². The Morgan fingerprint density at radius 1 is 0.439 bits per heavy atom. The molecule has 0 N–H and O–H groups in total. The first-order chi connectivity index (χ1) is 32.4. The summed E-state index contributed by atoms with van der Waals surface area (Å²) in [4.78, 5) is 2.41. The number of likely N-dealkylation sites (N-methyl/N-ethyl adjacent to an activating group) is 1. The smallest absolute Gasteiger partial charge is 0.0483 e. The van der Waals surface area contributed by atoms with Crippen LogP contribution in [0.15, 0.2) is 182 Å². The molecule has 0 radical (unpaired) electrons. The molecule has 0 saturated carbocycles. The van der Waals surface area contributed by atoms with Gasteiger partial charge in [0.05, 0.1) is 0 Å². The Balaban J connectivity index is 1.09. The Labute approximate surface area is 385 Å². The summed E-state index contributed by atoms with van der Waals surface area (Å²) in [6.45, 7) is 1.04. The van der Waals surface area contributed by atoms with Gasteiger partial charge in [0, 0.05) is 92.4 Å². The van der Waals surface area contributed by atoms with E-state index < -0.39 is 0 Å². The molecule has 1 unspecified atom stereocenters. The topological polar surface area (TPSA) is 18.0 Å². The molecule has 0 amide bonds. The molecule has 0 bridgehead atoms. The molecule has 3 aromatic heterocycles. The van der Waals surface area contributed by atoms with Crippen LogP contribution in [0.25, 0.3) is 105 Å². The van der Waals surface area contributed by atoms with Crippen molar-refractivity contribution in [1.29, 1.82) is 0 Å². The first-order valence-corrected chi connectivity index (χ1v) is 23.4. The maximum atomic E-state index is 2.52. The fraction of sp³-hybridized carbons (Fsp3) is 0.129. The summed E-state index contributed by atoms with van der Waals surface area (Å²) in [6, 6.07) is 60.4. The number of aromatic nitrogens is 3. The summed E-state index contributed by atoms with van der Waals surface area (Å²) < 4.78 is 6.72. The Hall–Kier alpha value is -7.82. The fourth-order valence-electron chi connectivity index (χ4n) is 11.8. The van der Waals surface area contributed by atoms with Crippen molar-refractivity contribution in [2.75, 3.05) is 18.5 Å². The van der Waals surface area contributed by atoms with Crippen molar-refractivity contribution in [2.45, 2.75) is 18.8 Å².